The van der Waals surface area contributed by atoms with Crippen LogP contribution in [-0.2, 0) is 9.59 Å². The quantitative estimate of drug-likeness (QED) is 0.794. The summed E-state index contributed by atoms with van der Waals surface area (Å²) < 4.78 is 0. The van der Waals surface area contributed by atoms with E-state index < -0.39 is 0 Å². The van der Waals surface area contributed by atoms with Gasteiger partial charge in [-0.3, -0.25) is 9.59 Å². The number of rotatable bonds is 3. The Morgan fingerprint density at radius 1 is 0.944 bits per heavy atom. The Balaban J connectivity index is 2.10. The van der Waals surface area contributed by atoms with E-state index in [2.05, 4.69) is 22.8 Å². The molecule has 0 aliphatic heterocycles. The molecule has 0 saturated carbocycles. The highest BCUT2D eigenvalue weighted by atomic mass is 16.2. The Morgan fingerprint density at radius 2 is 1.33 bits per heavy atom. The molecule has 0 unspecified atom stereocenters. The second kappa shape index (κ2) is 5.38. The van der Waals surface area contributed by atoms with Crippen molar-refractivity contribution >= 4 is 11.8 Å². The molecule has 2 rings (SSSR count). The van der Waals surface area contributed by atoms with Crippen LogP contribution in [0.5, 0.6) is 0 Å². The van der Waals surface area contributed by atoms with Crippen LogP contribution in [0.15, 0.2) is 23.3 Å². The minimum Gasteiger partial charge on any atom is -0.350 e. The number of hydrogen-bond acceptors (Lipinski definition) is 2. The van der Waals surface area contributed by atoms with Crippen molar-refractivity contribution in [2.45, 2.75) is 51.6 Å². The van der Waals surface area contributed by atoms with Crippen molar-refractivity contribution in [3.8, 4) is 0 Å². The first-order valence-corrected chi connectivity index (χ1v) is 6.52. The van der Waals surface area contributed by atoms with Gasteiger partial charge in [0.2, 0.25) is 11.8 Å². The number of carbonyl (C=O) groups is 2. The highest BCUT2D eigenvalue weighted by Gasteiger charge is 2.29. The molecule has 18 heavy (non-hydrogen) atoms. The fourth-order valence-electron chi connectivity index (χ4n) is 2.84. The third-order valence-corrected chi connectivity index (χ3v) is 3.48. The van der Waals surface area contributed by atoms with Gasteiger partial charge in [-0.15, -0.1) is 0 Å². The van der Waals surface area contributed by atoms with Gasteiger partial charge in [-0.25, -0.2) is 0 Å². The monoisotopic (exact) mass is 248 g/mol. The minimum absolute atomic E-state index is 0.00229. The lowest BCUT2D eigenvalue weighted by Gasteiger charge is -2.22. The van der Waals surface area contributed by atoms with Crippen molar-refractivity contribution in [2.24, 2.45) is 0 Å². The molecule has 0 bridgehead atoms. The number of allylic oxidation sites excluding steroid dienone is 2. The zero-order chi connectivity index (χ0) is 13.1. The van der Waals surface area contributed by atoms with Gasteiger partial charge in [-0.2, -0.15) is 0 Å². The molecule has 0 fully saturated rings. The third kappa shape index (κ3) is 2.81. The standard InChI is InChI=1S/C14H20N2O2/c1-9(17)15-13-7-3-5-11(13)12-6-4-8-14(12)16-10(2)18/h5-6,13-14H,3-4,7-8H2,1-2H3,(H,15,17)(H,16,18)/t13-,14-/m0/s1. The van der Waals surface area contributed by atoms with E-state index in [0.717, 1.165) is 25.7 Å². The lowest BCUT2D eigenvalue weighted by atomic mass is 9.97. The molecule has 0 aromatic carbocycles. The molecule has 4 heteroatoms. The zero-order valence-electron chi connectivity index (χ0n) is 11.0. The molecule has 2 N–H and O–H groups in total. The second-order valence-corrected chi connectivity index (χ2v) is 4.98. The van der Waals surface area contributed by atoms with E-state index in [0.29, 0.717) is 0 Å². The third-order valence-electron chi connectivity index (χ3n) is 3.48. The van der Waals surface area contributed by atoms with Crippen molar-refractivity contribution in [1.29, 1.82) is 0 Å². The first kappa shape index (κ1) is 12.9. The summed E-state index contributed by atoms with van der Waals surface area (Å²) in [7, 11) is 0. The highest BCUT2D eigenvalue weighted by molar-refractivity contribution is 5.75. The SMILES string of the molecule is CC(=O)N[C@H]1CCC=C1C1=CCC[C@@H]1NC(C)=O. The van der Waals surface area contributed by atoms with E-state index >= 15 is 0 Å². The normalized spacial score (nSPS) is 26.6. The summed E-state index contributed by atoms with van der Waals surface area (Å²) in [6, 6.07) is 0.228. The van der Waals surface area contributed by atoms with Crippen molar-refractivity contribution in [3.63, 3.8) is 0 Å². The molecule has 0 saturated heterocycles. The Bertz CT molecular complexity index is 384. The predicted molar refractivity (Wildman–Crippen MR) is 69.8 cm³/mol. The molecule has 0 spiro atoms. The van der Waals surface area contributed by atoms with Crippen LogP contribution in [0, 0.1) is 0 Å². The van der Waals surface area contributed by atoms with Crippen LogP contribution in [0.4, 0.5) is 0 Å². The summed E-state index contributed by atoms with van der Waals surface area (Å²) in [4.78, 5) is 22.4. The van der Waals surface area contributed by atoms with Gasteiger partial charge in [0.15, 0.2) is 0 Å². The lowest BCUT2D eigenvalue weighted by molar-refractivity contribution is -0.120. The lowest BCUT2D eigenvalue weighted by Crippen LogP contribution is -2.38. The van der Waals surface area contributed by atoms with Gasteiger partial charge in [0, 0.05) is 13.8 Å². The van der Waals surface area contributed by atoms with Crippen LogP contribution in [0.1, 0.15) is 39.5 Å². The van der Waals surface area contributed by atoms with E-state index in [1.165, 1.54) is 11.1 Å². The van der Waals surface area contributed by atoms with Crippen LogP contribution in [-0.4, -0.2) is 23.9 Å². The van der Waals surface area contributed by atoms with Crippen LogP contribution < -0.4 is 10.6 Å². The first-order chi connectivity index (χ1) is 8.58. The van der Waals surface area contributed by atoms with Gasteiger partial charge in [0.1, 0.15) is 0 Å². The van der Waals surface area contributed by atoms with Crippen LogP contribution in [0.3, 0.4) is 0 Å². The largest absolute Gasteiger partial charge is 0.350 e. The van der Waals surface area contributed by atoms with Gasteiger partial charge in [-0.1, -0.05) is 12.2 Å². The van der Waals surface area contributed by atoms with Gasteiger partial charge in [0.05, 0.1) is 12.1 Å². The molecular formula is C14H20N2O2. The topological polar surface area (TPSA) is 58.2 Å². The Hall–Kier alpha value is -1.58. The summed E-state index contributed by atoms with van der Waals surface area (Å²) in [5.41, 5.74) is 2.39. The number of hydrogen-bond donors (Lipinski definition) is 2. The van der Waals surface area contributed by atoms with E-state index in [4.69, 9.17) is 0 Å². The van der Waals surface area contributed by atoms with Gasteiger partial charge in [0.25, 0.3) is 0 Å². The van der Waals surface area contributed by atoms with Crippen molar-refractivity contribution in [3.05, 3.63) is 23.3 Å². The van der Waals surface area contributed by atoms with Crippen molar-refractivity contribution < 1.29 is 9.59 Å². The average Bonchev–Trinajstić information content (AvgIpc) is 2.85. The molecule has 2 aliphatic carbocycles. The zero-order valence-corrected chi connectivity index (χ0v) is 11.0. The molecule has 0 aromatic heterocycles. The fraction of sp³-hybridized carbons (Fsp3) is 0.571. The maximum absolute atomic E-state index is 11.2. The summed E-state index contributed by atoms with van der Waals surface area (Å²) in [6.07, 6.45) is 8.27. The minimum atomic E-state index is 0.00229. The molecule has 0 radical (unpaired) electrons. The smallest absolute Gasteiger partial charge is 0.217 e. The average molecular weight is 248 g/mol. The molecule has 0 aromatic rings. The summed E-state index contributed by atoms with van der Waals surface area (Å²) in [6.45, 7) is 3.09. The molecule has 2 atom stereocenters. The Morgan fingerprint density at radius 3 is 1.67 bits per heavy atom. The van der Waals surface area contributed by atoms with Crippen LogP contribution >= 0.6 is 0 Å². The molecule has 2 amide bonds. The Labute approximate surface area is 108 Å². The molecule has 0 heterocycles. The molecule has 98 valence electrons. The van der Waals surface area contributed by atoms with E-state index in [1.54, 1.807) is 13.8 Å². The highest BCUT2D eigenvalue weighted by Crippen LogP contribution is 2.32. The first-order valence-electron chi connectivity index (χ1n) is 6.52. The van der Waals surface area contributed by atoms with E-state index in [-0.39, 0.29) is 23.9 Å². The van der Waals surface area contributed by atoms with Crippen molar-refractivity contribution in [1.82, 2.24) is 10.6 Å². The van der Waals surface area contributed by atoms with Gasteiger partial charge >= 0.3 is 0 Å². The predicted octanol–water partition coefficient (Wildman–Crippen LogP) is 1.44. The van der Waals surface area contributed by atoms with Gasteiger partial charge in [-0.05, 0) is 36.8 Å². The number of carbonyl (C=O) groups excluding carboxylic acids is 2. The number of amides is 2. The van der Waals surface area contributed by atoms with Gasteiger partial charge < -0.3 is 10.6 Å². The fourth-order valence-corrected chi connectivity index (χ4v) is 2.84. The maximum atomic E-state index is 11.2. The van der Waals surface area contributed by atoms with Crippen LogP contribution in [0.2, 0.25) is 0 Å². The number of nitrogens with one attached hydrogen (secondary N) is 2. The summed E-state index contributed by atoms with van der Waals surface area (Å²) in [5, 5.41) is 5.96. The van der Waals surface area contributed by atoms with E-state index in [9.17, 15) is 9.59 Å². The maximum Gasteiger partial charge on any atom is 0.217 e. The van der Waals surface area contributed by atoms with Crippen LogP contribution in [0.25, 0.3) is 0 Å². The molecular weight excluding hydrogens is 228 g/mol. The molecule has 2 aliphatic rings. The molecule has 4 nitrogen and oxygen atoms in total. The Kier molecular flexibility index (Phi) is 3.84. The summed E-state index contributed by atoms with van der Waals surface area (Å²) >= 11 is 0. The van der Waals surface area contributed by atoms with E-state index in [1.807, 2.05) is 0 Å². The summed E-state index contributed by atoms with van der Waals surface area (Å²) in [5.74, 6) is 0.00458. The second-order valence-electron chi connectivity index (χ2n) is 4.98. The van der Waals surface area contributed by atoms with Crippen molar-refractivity contribution in [2.75, 3.05) is 0 Å².